The van der Waals surface area contributed by atoms with Gasteiger partial charge in [0.25, 0.3) is 0 Å². The summed E-state index contributed by atoms with van der Waals surface area (Å²) >= 11 is 0. The van der Waals surface area contributed by atoms with Gasteiger partial charge in [-0.25, -0.2) is 9.97 Å². The molecule has 0 bridgehead atoms. The predicted molar refractivity (Wildman–Crippen MR) is 146 cm³/mol. The third-order valence-electron chi connectivity index (χ3n) is 6.84. The number of piperidine rings is 1. The van der Waals surface area contributed by atoms with Crippen LogP contribution in [0.3, 0.4) is 0 Å². The van der Waals surface area contributed by atoms with E-state index in [1.54, 1.807) is 7.11 Å². The van der Waals surface area contributed by atoms with E-state index in [9.17, 15) is 0 Å². The molecule has 10 nitrogen and oxygen atoms in total. The van der Waals surface area contributed by atoms with Crippen molar-refractivity contribution in [3.8, 4) is 22.9 Å². The minimum atomic E-state index is 0.174. The molecular weight excluding hydrogens is 468 g/mol. The number of pyridine rings is 1. The van der Waals surface area contributed by atoms with Crippen molar-refractivity contribution in [2.75, 3.05) is 63.6 Å². The molecule has 37 heavy (non-hydrogen) atoms. The van der Waals surface area contributed by atoms with E-state index in [1.807, 2.05) is 36.4 Å². The molecule has 2 aromatic heterocycles. The molecule has 0 aliphatic carbocycles. The van der Waals surface area contributed by atoms with E-state index >= 15 is 0 Å². The number of nitrogens with one attached hydrogen (secondary N) is 3. The summed E-state index contributed by atoms with van der Waals surface area (Å²) in [4.78, 5) is 18.1. The topological polar surface area (TPSA) is 112 Å². The van der Waals surface area contributed by atoms with Crippen molar-refractivity contribution >= 4 is 23.5 Å². The maximum Gasteiger partial charge on any atom is 0.239 e. The van der Waals surface area contributed by atoms with Crippen LogP contribution >= 0.6 is 0 Å². The van der Waals surface area contributed by atoms with Crippen LogP contribution in [-0.2, 0) is 0 Å². The minimum Gasteiger partial charge on any atom is -0.490 e. The summed E-state index contributed by atoms with van der Waals surface area (Å²) in [5, 5.41) is 14.5. The normalized spacial score (nSPS) is 16.9. The Labute approximate surface area is 217 Å². The molecule has 194 valence electrons. The highest BCUT2D eigenvalue weighted by Crippen LogP contribution is 2.31. The van der Waals surface area contributed by atoms with Crippen LogP contribution in [0.25, 0.3) is 11.3 Å². The number of ether oxygens (including phenoxy) is 2. The molecule has 3 aromatic rings. The Balaban J connectivity index is 1.32. The fourth-order valence-corrected chi connectivity index (χ4v) is 4.68. The number of hydrogen-bond donors (Lipinski definition) is 3. The van der Waals surface area contributed by atoms with Gasteiger partial charge in [-0.1, -0.05) is 0 Å². The standard InChI is InChI=1S/C27H34N8O2/c1-34-11-13-35(14-12-34)23-4-6-25(33-27(23)36-2)32-26-16-22(30-18-31-26)19-3-5-24(20(15-19)17-28)37-21-7-9-29-10-8-21/h3-6,15-18,21,28-29H,7-14H2,1-2H3,(H,30,31,32,33). The number of anilines is 3. The summed E-state index contributed by atoms with van der Waals surface area (Å²) in [6.07, 6.45) is 4.97. The van der Waals surface area contributed by atoms with Gasteiger partial charge in [-0.15, -0.1) is 0 Å². The lowest BCUT2D eigenvalue weighted by molar-refractivity contribution is 0.162. The Morgan fingerprint density at radius 3 is 2.59 bits per heavy atom. The van der Waals surface area contributed by atoms with Crippen molar-refractivity contribution in [1.82, 2.24) is 25.2 Å². The van der Waals surface area contributed by atoms with Gasteiger partial charge in [-0.2, -0.15) is 4.98 Å². The zero-order chi connectivity index (χ0) is 25.6. The largest absolute Gasteiger partial charge is 0.490 e. The summed E-state index contributed by atoms with van der Waals surface area (Å²) < 4.78 is 11.8. The first-order chi connectivity index (χ1) is 18.1. The highest BCUT2D eigenvalue weighted by molar-refractivity contribution is 5.84. The third kappa shape index (κ3) is 5.98. The van der Waals surface area contributed by atoms with Gasteiger partial charge in [0.1, 0.15) is 35.5 Å². The van der Waals surface area contributed by atoms with E-state index in [2.05, 4.69) is 42.4 Å². The fourth-order valence-electron chi connectivity index (χ4n) is 4.68. The molecule has 0 spiro atoms. The lowest BCUT2D eigenvalue weighted by Gasteiger charge is -2.34. The smallest absolute Gasteiger partial charge is 0.239 e. The SMILES string of the molecule is COc1nc(Nc2cc(-c3ccc(OC4CCNCC4)c(C=N)c3)ncn2)ccc1N1CCN(C)CC1. The second-order valence-corrected chi connectivity index (χ2v) is 9.39. The van der Waals surface area contributed by atoms with E-state index in [0.717, 1.165) is 80.4 Å². The third-order valence-corrected chi connectivity index (χ3v) is 6.84. The number of benzene rings is 1. The van der Waals surface area contributed by atoms with Gasteiger partial charge in [0, 0.05) is 49.6 Å². The molecule has 5 rings (SSSR count). The first-order valence-corrected chi connectivity index (χ1v) is 12.7. The lowest BCUT2D eigenvalue weighted by atomic mass is 10.1. The zero-order valence-corrected chi connectivity index (χ0v) is 21.4. The molecule has 1 aromatic carbocycles. The van der Waals surface area contributed by atoms with E-state index in [0.29, 0.717) is 17.5 Å². The molecule has 2 saturated heterocycles. The quantitative estimate of drug-likeness (QED) is 0.400. The van der Waals surface area contributed by atoms with E-state index in [4.69, 9.17) is 14.9 Å². The average molecular weight is 503 g/mol. The van der Waals surface area contributed by atoms with Gasteiger partial charge < -0.3 is 35.3 Å². The molecular formula is C27H34N8O2. The summed E-state index contributed by atoms with van der Waals surface area (Å²) in [5.41, 5.74) is 3.36. The molecule has 0 atom stereocenters. The van der Waals surface area contributed by atoms with Crippen molar-refractivity contribution in [2.45, 2.75) is 18.9 Å². The maximum absolute atomic E-state index is 7.90. The number of nitrogens with zero attached hydrogens (tertiary/aromatic N) is 5. The number of likely N-dealkylation sites (N-methyl/N-ethyl adjacent to an activating group) is 1. The van der Waals surface area contributed by atoms with Crippen LogP contribution in [-0.4, -0.2) is 85.6 Å². The first kappa shape index (κ1) is 24.9. The highest BCUT2D eigenvalue weighted by atomic mass is 16.5. The molecule has 0 amide bonds. The van der Waals surface area contributed by atoms with Gasteiger partial charge in [-0.3, -0.25) is 0 Å². The number of hydrogen-bond acceptors (Lipinski definition) is 10. The average Bonchev–Trinajstić information content (AvgIpc) is 2.94. The van der Waals surface area contributed by atoms with E-state index < -0.39 is 0 Å². The second kappa shape index (κ2) is 11.5. The van der Waals surface area contributed by atoms with Crippen molar-refractivity contribution in [3.05, 3.63) is 48.3 Å². The highest BCUT2D eigenvalue weighted by Gasteiger charge is 2.19. The molecule has 2 fully saturated rings. The van der Waals surface area contributed by atoms with Crippen LogP contribution in [0.4, 0.5) is 17.3 Å². The molecule has 3 N–H and O–H groups in total. The van der Waals surface area contributed by atoms with Crippen LogP contribution in [0.5, 0.6) is 11.6 Å². The summed E-state index contributed by atoms with van der Waals surface area (Å²) in [5.74, 6) is 2.59. The Morgan fingerprint density at radius 2 is 1.84 bits per heavy atom. The van der Waals surface area contributed by atoms with Crippen molar-refractivity contribution in [2.24, 2.45) is 0 Å². The summed E-state index contributed by atoms with van der Waals surface area (Å²) in [6, 6.07) is 11.7. The Kier molecular flexibility index (Phi) is 7.76. The Hall–Kier alpha value is -3.76. The second-order valence-electron chi connectivity index (χ2n) is 9.39. The first-order valence-electron chi connectivity index (χ1n) is 12.7. The van der Waals surface area contributed by atoms with Gasteiger partial charge in [0.2, 0.25) is 5.88 Å². The lowest BCUT2D eigenvalue weighted by Crippen LogP contribution is -2.44. The minimum absolute atomic E-state index is 0.174. The maximum atomic E-state index is 7.90. The number of rotatable bonds is 8. The molecule has 0 radical (unpaired) electrons. The zero-order valence-electron chi connectivity index (χ0n) is 21.4. The van der Waals surface area contributed by atoms with Crippen molar-refractivity contribution in [1.29, 1.82) is 5.41 Å². The monoisotopic (exact) mass is 502 g/mol. The Morgan fingerprint density at radius 1 is 1.03 bits per heavy atom. The van der Waals surface area contributed by atoms with Gasteiger partial charge in [-0.05, 0) is 63.3 Å². The number of aromatic nitrogens is 3. The van der Waals surface area contributed by atoms with E-state index in [-0.39, 0.29) is 6.10 Å². The molecule has 2 aliphatic heterocycles. The van der Waals surface area contributed by atoms with Gasteiger partial charge in [0.15, 0.2) is 0 Å². The fraction of sp³-hybridized carbons (Fsp3) is 0.407. The summed E-state index contributed by atoms with van der Waals surface area (Å²) in [6.45, 7) is 5.82. The Bertz CT molecular complexity index is 1220. The van der Waals surface area contributed by atoms with Crippen molar-refractivity contribution in [3.63, 3.8) is 0 Å². The van der Waals surface area contributed by atoms with Gasteiger partial charge in [0.05, 0.1) is 12.8 Å². The van der Waals surface area contributed by atoms with Crippen LogP contribution in [0, 0.1) is 5.41 Å². The summed E-state index contributed by atoms with van der Waals surface area (Å²) in [7, 11) is 3.78. The van der Waals surface area contributed by atoms with Crippen LogP contribution < -0.4 is 25.0 Å². The molecule has 0 saturated carbocycles. The molecule has 0 unspecified atom stereocenters. The predicted octanol–water partition coefficient (Wildman–Crippen LogP) is 3.17. The van der Waals surface area contributed by atoms with E-state index in [1.165, 1.54) is 12.5 Å². The van der Waals surface area contributed by atoms with Crippen LogP contribution in [0.15, 0.2) is 42.7 Å². The number of methoxy groups -OCH3 is 1. The van der Waals surface area contributed by atoms with Crippen molar-refractivity contribution < 1.29 is 9.47 Å². The molecule has 4 heterocycles. The number of piperazine rings is 1. The van der Waals surface area contributed by atoms with Gasteiger partial charge >= 0.3 is 0 Å². The van der Waals surface area contributed by atoms with Crippen LogP contribution in [0.2, 0.25) is 0 Å². The molecule has 2 aliphatic rings. The molecule has 10 heteroatoms. The van der Waals surface area contributed by atoms with Crippen LogP contribution in [0.1, 0.15) is 18.4 Å².